The summed E-state index contributed by atoms with van der Waals surface area (Å²) in [6.07, 6.45) is 6.32. The molecule has 1 heteroatoms. The van der Waals surface area contributed by atoms with Crippen LogP contribution in [0.3, 0.4) is 0 Å². The molecule has 0 spiro atoms. The molecule has 11 heavy (non-hydrogen) atoms. The Morgan fingerprint density at radius 2 is 1.82 bits per heavy atom. The Morgan fingerprint density at radius 1 is 1.27 bits per heavy atom. The van der Waals surface area contributed by atoms with Crippen molar-refractivity contribution in [3.05, 3.63) is 0 Å². The van der Waals surface area contributed by atoms with Gasteiger partial charge in [-0.05, 0) is 24.2 Å². The summed E-state index contributed by atoms with van der Waals surface area (Å²) in [5, 5.41) is 9.27. The summed E-state index contributed by atoms with van der Waals surface area (Å²) >= 11 is 0. The maximum Gasteiger partial charge on any atom is 0.0490 e. The molecule has 0 heterocycles. The molecule has 1 N–H and O–H groups in total. The molecule has 0 aliphatic heterocycles. The zero-order valence-corrected chi connectivity index (χ0v) is 7.77. The second-order valence-corrected chi connectivity index (χ2v) is 3.89. The number of hydrogen-bond acceptors (Lipinski definition) is 1. The van der Waals surface area contributed by atoms with Crippen molar-refractivity contribution in [2.75, 3.05) is 6.61 Å². The molecular formula is C10H20O. The zero-order valence-electron chi connectivity index (χ0n) is 7.77. The molecule has 0 atom stereocenters. The number of hydrogen-bond donors (Lipinski definition) is 1. The number of aliphatic hydroxyl groups is 1. The van der Waals surface area contributed by atoms with Crippen molar-refractivity contribution in [1.82, 2.24) is 0 Å². The fraction of sp³-hybridized carbons (Fsp3) is 1.00. The average Bonchev–Trinajstić information content (AvgIpc) is 1.96. The standard InChI is InChI=1S/C10H20O/c1-3-9(4-2)10(8-11)6-5-7-10/h9,11H,3-8H2,1-2H3. The Morgan fingerprint density at radius 3 is 1.91 bits per heavy atom. The fourth-order valence-electron chi connectivity index (χ4n) is 2.48. The Bertz CT molecular complexity index is 107. The Balaban J connectivity index is 2.51. The lowest BCUT2D eigenvalue weighted by molar-refractivity contribution is -0.0170. The molecule has 0 aromatic rings. The van der Waals surface area contributed by atoms with Crippen LogP contribution in [0.25, 0.3) is 0 Å². The van der Waals surface area contributed by atoms with E-state index in [1.807, 2.05) is 0 Å². The van der Waals surface area contributed by atoms with E-state index >= 15 is 0 Å². The summed E-state index contributed by atoms with van der Waals surface area (Å²) in [6, 6.07) is 0. The van der Waals surface area contributed by atoms with Gasteiger partial charge >= 0.3 is 0 Å². The van der Waals surface area contributed by atoms with Crippen LogP contribution in [-0.2, 0) is 0 Å². The van der Waals surface area contributed by atoms with Crippen LogP contribution in [0.15, 0.2) is 0 Å². The van der Waals surface area contributed by atoms with Crippen LogP contribution in [0.5, 0.6) is 0 Å². The molecule has 0 unspecified atom stereocenters. The third-order valence-electron chi connectivity index (χ3n) is 3.52. The first-order chi connectivity index (χ1) is 5.29. The van der Waals surface area contributed by atoms with Crippen LogP contribution >= 0.6 is 0 Å². The molecule has 1 fully saturated rings. The maximum absolute atomic E-state index is 9.27. The van der Waals surface area contributed by atoms with Gasteiger partial charge in [0.15, 0.2) is 0 Å². The molecule has 0 amide bonds. The van der Waals surface area contributed by atoms with E-state index in [0.29, 0.717) is 12.0 Å². The van der Waals surface area contributed by atoms with Crippen molar-refractivity contribution < 1.29 is 5.11 Å². The van der Waals surface area contributed by atoms with Crippen molar-refractivity contribution in [3.63, 3.8) is 0 Å². The molecule has 0 radical (unpaired) electrons. The Kier molecular flexibility index (Phi) is 2.94. The summed E-state index contributed by atoms with van der Waals surface area (Å²) in [5.74, 6) is 0.765. The minimum atomic E-state index is 0.337. The Labute approximate surface area is 69.8 Å². The third kappa shape index (κ3) is 1.44. The summed E-state index contributed by atoms with van der Waals surface area (Å²) < 4.78 is 0. The van der Waals surface area contributed by atoms with Gasteiger partial charge in [-0.3, -0.25) is 0 Å². The van der Waals surface area contributed by atoms with Crippen LogP contribution in [0.1, 0.15) is 46.0 Å². The lowest BCUT2D eigenvalue weighted by atomic mass is 9.60. The Hall–Kier alpha value is -0.0400. The molecule has 1 aliphatic rings. The summed E-state index contributed by atoms with van der Waals surface area (Å²) in [7, 11) is 0. The minimum Gasteiger partial charge on any atom is -0.396 e. The molecule has 0 aromatic heterocycles. The maximum atomic E-state index is 9.27. The molecule has 0 bridgehead atoms. The van der Waals surface area contributed by atoms with Gasteiger partial charge in [0, 0.05) is 6.61 Å². The van der Waals surface area contributed by atoms with E-state index in [4.69, 9.17) is 0 Å². The van der Waals surface area contributed by atoms with Crippen LogP contribution in [0, 0.1) is 11.3 Å². The first kappa shape index (κ1) is 9.05. The number of aliphatic hydroxyl groups excluding tert-OH is 1. The zero-order chi connectivity index (χ0) is 8.32. The average molecular weight is 156 g/mol. The van der Waals surface area contributed by atoms with E-state index in [0.717, 1.165) is 5.92 Å². The van der Waals surface area contributed by atoms with E-state index in [1.165, 1.54) is 32.1 Å². The highest BCUT2D eigenvalue weighted by atomic mass is 16.3. The van der Waals surface area contributed by atoms with Gasteiger partial charge in [0.1, 0.15) is 0 Å². The SMILES string of the molecule is CCC(CC)C1(CO)CCC1. The van der Waals surface area contributed by atoms with Crippen molar-refractivity contribution in [1.29, 1.82) is 0 Å². The fourth-order valence-corrected chi connectivity index (χ4v) is 2.48. The summed E-state index contributed by atoms with van der Waals surface area (Å²) in [4.78, 5) is 0. The van der Waals surface area contributed by atoms with Crippen LogP contribution < -0.4 is 0 Å². The molecular weight excluding hydrogens is 136 g/mol. The highest BCUT2D eigenvalue weighted by molar-refractivity contribution is 4.91. The van der Waals surface area contributed by atoms with E-state index in [1.54, 1.807) is 0 Å². The predicted octanol–water partition coefficient (Wildman–Crippen LogP) is 2.59. The monoisotopic (exact) mass is 156 g/mol. The molecule has 1 saturated carbocycles. The van der Waals surface area contributed by atoms with Crippen molar-refractivity contribution >= 4 is 0 Å². The van der Waals surface area contributed by atoms with E-state index in [9.17, 15) is 5.11 Å². The van der Waals surface area contributed by atoms with Crippen LogP contribution in [0.2, 0.25) is 0 Å². The molecule has 1 rings (SSSR count). The van der Waals surface area contributed by atoms with Gasteiger partial charge in [-0.2, -0.15) is 0 Å². The molecule has 1 aliphatic carbocycles. The molecule has 0 aromatic carbocycles. The van der Waals surface area contributed by atoms with Crippen molar-refractivity contribution in [2.45, 2.75) is 46.0 Å². The summed E-state index contributed by atoms with van der Waals surface area (Å²) in [5.41, 5.74) is 0.337. The summed E-state index contributed by atoms with van der Waals surface area (Å²) in [6.45, 7) is 4.90. The molecule has 0 saturated heterocycles. The lowest BCUT2D eigenvalue weighted by Crippen LogP contribution is -2.40. The van der Waals surface area contributed by atoms with Crippen molar-refractivity contribution in [2.24, 2.45) is 11.3 Å². The van der Waals surface area contributed by atoms with Crippen LogP contribution in [0.4, 0.5) is 0 Å². The van der Waals surface area contributed by atoms with Gasteiger partial charge in [-0.1, -0.05) is 33.1 Å². The van der Waals surface area contributed by atoms with Crippen molar-refractivity contribution in [3.8, 4) is 0 Å². The van der Waals surface area contributed by atoms with Gasteiger partial charge in [-0.25, -0.2) is 0 Å². The number of rotatable bonds is 4. The lowest BCUT2D eigenvalue weighted by Gasteiger charge is -2.46. The predicted molar refractivity (Wildman–Crippen MR) is 47.4 cm³/mol. The van der Waals surface area contributed by atoms with Crippen LogP contribution in [-0.4, -0.2) is 11.7 Å². The van der Waals surface area contributed by atoms with E-state index in [2.05, 4.69) is 13.8 Å². The van der Waals surface area contributed by atoms with E-state index in [-0.39, 0.29) is 0 Å². The van der Waals surface area contributed by atoms with Gasteiger partial charge < -0.3 is 5.11 Å². The highest BCUT2D eigenvalue weighted by Crippen LogP contribution is 2.49. The second-order valence-electron chi connectivity index (χ2n) is 3.89. The van der Waals surface area contributed by atoms with Gasteiger partial charge in [-0.15, -0.1) is 0 Å². The first-order valence-corrected chi connectivity index (χ1v) is 4.90. The molecule has 66 valence electrons. The highest BCUT2D eigenvalue weighted by Gasteiger charge is 2.41. The smallest absolute Gasteiger partial charge is 0.0490 e. The largest absolute Gasteiger partial charge is 0.396 e. The minimum absolute atomic E-state index is 0.337. The third-order valence-corrected chi connectivity index (χ3v) is 3.52. The van der Waals surface area contributed by atoms with Gasteiger partial charge in [0.25, 0.3) is 0 Å². The normalized spacial score (nSPS) is 21.8. The van der Waals surface area contributed by atoms with Gasteiger partial charge in [0.2, 0.25) is 0 Å². The first-order valence-electron chi connectivity index (χ1n) is 4.90. The van der Waals surface area contributed by atoms with E-state index < -0.39 is 0 Å². The second kappa shape index (κ2) is 3.57. The van der Waals surface area contributed by atoms with Gasteiger partial charge in [0.05, 0.1) is 0 Å². The quantitative estimate of drug-likeness (QED) is 0.663. The molecule has 1 nitrogen and oxygen atoms in total. The topological polar surface area (TPSA) is 20.2 Å².